The molecule has 0 saturated heterocycles. The number of carbonyl (C=O) groups excluding carboxylic acids is 1. The minimum Gasteiger partial charge on any atom is -0.320 e. The van der Waals surface area contributed by atoms with Gasteiger partial charge in [-0.2, -0.15) is 0 Å². The van der Waals surface area contributed by atoms with Crippen LogP contribution in [0.1, 0.15) is 22.3 Å². The molecule has 0 fully saturated rings. The van der Waals surface area contributed by atoms with Crippen LogP contribution in [0.25, 0.3) is 0 Å². The number of nitrogens with zero attached hydrogens (tertiary/aromatic N) is 1. The van der Waals surface area contributed by atoms with E-state index < -0.39 is 6.04 Å². The molecule has 1 aromatic carbocycles. The van der Waals surface area contributed by atoms with E-state index in [4.69, 9.17) is 5.73 Å². The predicted octanol–water partition coefficient (Wildman–Crippen LogP) is 1.07. The topological polar surface area (TPSA) is 58.4 Å². The van der Waals surface area contributed by atoms with E-state index in [0.29, 0.717) is 6.42 Å². The third-order valence-electron chi connectivity index (χ3n) is 3.28. The zero-order valence-electron chi connectivity index (χ0n) is 11.9. The van der Waals surface area contributed by atoms with Gasteiger partial charge < -0.3 is 5.73 Å². The van der Waals surface area contributed by atoms with Crippen molar-refractivity contribution >= 4 is 5.91 Å². The second kappa shape index (κ2) is 5.98. The third kappa shape index (κ3) is 3.55. The molecule has 1 amide bonds. The van der Waals surface area contributed by atoms with Crippen LogP contribution >= 0.6 is 0 Å². The lowest BCUT2D eigenvalue weighted by atomic mass is 9.95. The predicted molar refractivity (Wildman–Crippen MR) is 74.2 cm³/mol. The summed E-state index contributed by atoms with van der Waals surface area (Å²) in [6, 6.07) is 3.61. The van der Waals surface area contributed by atoms with Gasteiger partial charge in [-0.3, -0.25) is 10.2 Å². The van der Waals surface area contributed by atoms with Gasteiger partial charge in [0.1, 0.15) is 0 Å². The van der Waals surface area contributed by atoms with Gasteiger partial charge in [0, 0.05) is 14.1 Å². The molecule has 0 aliphatic carbocycles. The maximum atomic E-state index is 11.7. The Balaban J connectivity index is 2.79. The van der Waals surface area contributed by atoms with Crippen molar-refractivity contribution in [2.24, 2.45) is 5.73 Å². The van der Waals surface area contributed by atoms with Gasteiger partial charge in [-0.05, 0) is 49.4 Å². The normalized spacial score (nSPS) is 12.6. The van der Waals surface area contributed by atoms with Gasteiger partial charge in [-0.15, -0.1) is 0 Å². The van der Waals surface area contributed by atoms with Crippen LogP contribution in [0.5, 0.6) is 0 Å². The molecule has 0 radical (unpaired) electrons. The van der Waals surface area contributed by atoms with Crippen LogP contribution in [0.4, 0.5) is 0 Å². The fraction of sp³-hybridized carbons (Fsp3) is 0.500. The number of benzene rings is 1. The Labute approximate surface area is 109 Å². The molecule has 0 aromatic heterocycles. The molecule has 0 saturated carbocycles. The monoisotopic (exact) mass is 249 g/mol. The van der Waals surface area contributed by atoms with Gasteiger partial charge in [0.05, 0.1) is 6.04 Å². The van der Waals surface area contributed by atoms with E-state index in [-0.39, 0.29) is 5.91 Å². The highest BCUT2D eigenvalue weighted by molar-refractivity contribution is 5.81. The molecule has 0 heterocycles. The molecule has 1 atom stereocenters. The molecule has 4 nitrogen and oxygen atoms in total. The number of rotatable bonds is 4. The van der Waals surface area contributed by atoms with Gasteiger partial charge in [0.2, 0.25) is 0 Å². The Bertz CT molecular complexity index is 441. The van der Waals surface area contributed by atoms with Gasteiger partial charge >= 0.3 is 0 Å². The molecule has 0 aliphatic heterocycles. The number of nitrogens with one attached hydrogen (secondary N) is 1. The van der Waals surface area contributed by atoms with Crippen LogP contribution in [-0.4, -0.2) is 31.1 Å². The number of hydrogen-bond acceptors (Lipinski definition) is 3. The van der Waals surface area contributed by atoms with Crippen molar-refractivity contribution in [2.75, 3.05) is 14.1 Å². The summed E-state index contributed by atoms with van der Waals surface area (Å²) in [5.74, 6) is -0.155. The first kappa shape index (κ1) is 14.7. The number of nitrogens with two attached hydrogens (primary N) is 1. The number of hydrazine groups is 1. The van der Waals surface area contributed by atoms with Crippen molar-refractivity contribution < 1.29 is 4.79 Å². The van der Waals surface area contributed by atoms with E-state index in [2.05, 4.69) is 38.3 Å². The van der Waals surface area contributed by atoms with Gasteiger partial charge in [-0.1, -0.05) is 12.1 Å². The first-order valence-electron chi connectivity index (χ1n) is 6.12. The molecule has 0 aliphatic rings. The zero-order chi connectivity index (χ0) is 13.9. The van der Waals surface area contributed by atoms with E-state index in [9.17, 15) is 4.79 Å². The highest BCUT2D eigenvalue weighted by atomic mass is 16.2. The van der Waals surface area contributed by atoms with E-state index in [1.165, 1.54) is 16.7 Å². The second-order valence-electron chi connectivity index (χ2n) is 4.97. The second-order valence-corrected chi connectivity index (χ2v) is 4.97. The summed E-state index contributed by atoms with van der Waals surface area (Å²) in [6.45, 7) is 6.26. The van der Waals surface area contributed by atoms with Crippen LogP contribution in [0.3, 0.4) is 0 Å². The standard InChI is InChI=1S/C14H23N3O/c1-9-6-7-12(11(3)10(9)2)8-13(15)14(18)16-17(4)5/h6-7,13H,8,15H2,1-5H3,(H,16,18). The van der Waals surface area contributed by atoms with Crippen molar-refractivity contribution in [1.82, 2.24) is 10.4 Å². The Hall–Kier alpha value is -1.39. The molecule has 3 N–H and O–H groups in total. The van der Waals surface area contributed by atoms with E-state index in [0.717, 1.165) is 5.56 Å². The number of carbonyl (C=O) groups is 1. The van der Waals surface area contributed by atoms with Crippen molar-refractivity contribution in [2.45, 2.75) is 33.2 Å². The molecule has 100 valence electrons. The van der Waals surface area contributed by atoms with E-state index >= 15 is 0 Å². The van der Waals surface area contributed by atoms with E-state index in [1.807, 2.05) is 0 Å². The highest BCUT2D eigenvalue weighted by Gasteiger charge is 2.16. The van der Waals surface area contributed by atoms with Crippen LogP contribution in [0.15, 0.2) is 12.1 Å². The summed E-state index contributed by atoms with van der Waals surface area (Å²) >= 11 is 0. The summed E-state index contributed by atoms with van der Waals surface area (Å²) in [7, 11) is 3.54. The molecular weight excluding hydrogens is 226 g/mol. The molecule has 1 aromatic rings. The van der Waals surface area contributed by atoms with Crippen molar-refractivity contribution in [1.29, 1.82) is 0 Å². The van der Waals surface area contributed by atoms with Crippen LogP contribution in [0, 0.1) is 20.8 Å². The quantitative estimate of drug-likeness (QED) is 0.785. The molecule has 1 unspecified atom stereocenters. The fourth-order valence-electron chi connectivity index (χ4n) is 1.87. The third-order valence-corrected chi connectivity index (χ3v) is 3.28. The molecular formula is C14H23N3O. The average molecular weight is 249 g/mol. The summed E-state index contributed by atoms with van der Waals surface area (Å²) in [6.07, 6.45) is 0.562. The van der Waals surface area contributed by atoms with Crippen LogP contribution in [-0.2, 0) is 11.2 Å². The summed E-state index contributed by atoms with van der Waals surface area (Å²) < 4.78 is 0. The van der Waals surface area contributed by atoms with Crippen molar-refractivity contribution in [3.63, 3.8) is 0 Å². The molecule has 0 bridgehead atoms. The van der Waals surface area contributed by atoms with Crippen molar-refractivity contribution in [3.05, 3.63) is 34.4 Å². The van der Waals surface area contributed by atoms with E-state index in [1.54, 1.807) is 19.1 Å². The Kier molecular flexibility index (Phi) is 4.87. The maximum Gasteiger partial charge on any atom is 0.251 e. The molecule has 4 heteroatoms. The lowest BCUT2D eigenvalue weighted by Crippen LogP contribution is -2.47. The van der Waals surface area contributed by atoms with Gasteiger partial charge in [0.15, 0.2) is 0 Å². The lowest BCUT2D eigenvalue weighted by Gasteiger charge is -2.18. The van der Waals surface area contributed by atoms with Gasteiger partial charge in [-0.25, -0.2) is 5.01 Å². The van der Waals surface area contributed by atoms with Crippen LogP contribution in [0.2, 0.25) is 0 Å². The summed E-state index contributed by atoms with van der Waals surface area (Å²) in [5.41, 5.74) is 13.5. The lowest BCUT2D eigenvalue weighted by molar-refractivity contribution is -0.126. The largest absolute Gasteiger partial charge is 0.320 e. The first-order valence-corrected chi connectivity index (χ1v) is 6.12. The average Bonchev–Trinajstić information content (AvgIpc) is 2.29. The zero-order valence-corrected chi connectivity index (χ0v) is 11.9. The minimum atomic E-state index is -0.520. The Morgan fingerprint density at radius 2 is 1.89 bits per heavy atom. The van der Waals surface area contributed by atoms with Gasteiger partial charge in [0.25, 0.3) is 5.91 Å². The molecule has 0 spiro atoms. The minimum absolute atomic E-state index is 0.155. The Morgan fingerprint density at radius 3 is 2.44 bits per heavy atom. The Morgan fingerprint density at radius 1 is 1.28 bits per heavy atom. The summed E-state index contributed by atoms with van der Waals surface area (Å²) in [5, 5.41) is 1.61. The maximum absolute atomic E-state index is 11.7. The SMILES string of the molecule is Cc1ccc(CC(N)C(=O)NN(C)C)c(C)c1C. The molecule has 1 rings (SSSR count). The van der Waals surface area contributed by atoms with Crippen molar-refractivity contribution in [3.8, 4) is 0 Å². The number of hydrogen-bond donors (Lipinski definition) is 2. The first-order chi connectivity index (χ1) is 8.32. The molecule has 18 heavy (non-hydrogen) atoms. The smallest absolute Gasteiger partial charge is 0.251 e. The highest BCUT2D eigenvalue weighted by Crippen LogP contribution is 2.18. The number of aryl methyl sites for hydroxylation is 1. The summed E-state index contributed by atoms with van der Waals surface area (Å²) in [4.78, 5) is 11.7. The van der Waals surface area contributed by atoms with Crippen LogP contribution < -0.4 is 11.2 Å². The fourth-order valence-corrected chi connectivity index (χ4v) is 1.87. The number of amides is 1.